The Kier molecular flexibility index (Phi) is 4.31. The molecule has 1 aliphatic heterocycles. The second kappa shape index (κ2) is 6.37. The molecule has 0 aliphatic carbocycles. The number of H-pyrrole nitrogens is 1. The van der Waals surface area contributed by atoms with E-state index in [2.05, 4.69) is 15.1 Å². The molecule has 0 spiro atoms. The highest BCUT2D eigenvalue weighted by molar-refractivity contribution is 5.19. The van der Waals surface area contributed by atoms with E-state index in [-0.39, 0.29) is 11.7 Å². The van der Waals surface area contributed by atoms with Crippen LogP contribution in [0.2, 0.25) is 0 Å². The number of aliphatic hydroxyl groups excluding tert-OH is 1. The topological polar surface area (TPSA) is 52.1 Å². The molecule has 5 heteroatoms. The van der Waals surface area contributed by atoms with Gasteiger partial charge in [0.05, 0.1) is 6.10 Å². The molecule has 1 aliphatic rings. The van der Waals surface area contributed by atoms with Gasteiger partial charge in [-0.2, -0.15) is 5.10 Å². The molecule has 0 bridgehead atoms. The summed E-state index contributed by atoms with van der Waals surface area (Å²) in [7, 11) is 0. The highest BCUT2D eigenvalue weighted by Gasteiger charge is 2.26. The largest absolute Gasteiger partial charge is 0.388 e. The molecule has 1 fully saturated rings. The first-order chi connectivity index (χ1) is 10.2. The summed E-state index contributed by atoms with van der Waals surface area (Å²) in [6.07, 6.45) is 3.17. The molecule has 1 unspecified atom stereocenters. The number of nitrogens with one attached hydrogen (secondary N) is 1. The van der Waals surface area contributed by atoms with Crippen LogP contribution in [-0.2, 0) is 6.54 Å². The first kappa shape index (κ1) is 14.2. The third kappa shape index (κ3) is 3.49. The molecular formula is C16H20FN3O. The molecule has 1 atom stereocenters. The number of piperidine rings is 1. The summed E-state index contributed by atoms with van der Waals surface area (Å²) in [6.45, 7) is 2.79. The first-order valence-corrected chi connectivity index (χ1v) is 7.36. The average Bonchev–Trinajstić information content (AvgIpc) is 3.01. The third-order valence-electron chi connectivity index (χ3n) is 4.24. The normalized spacial score (nSPS) is 18.8. The predicted molar refractivity (Wildman–Crippen MR) is 77.9 cm³/mol. The molecular weight excluding hydrogens is 269 g/mol. The summed E-state index contributed by atoms with van der Waals surface area (Å²) >= 11 is 0. The van der Waals surface area contributed by atoms with Crippen LogP contribution in [0.15, 0.2) is 36.5 Å². The second-order valence-corrected chi connectivity index (χ2v) is 5.69. The number of benzene rings is 1. The van der Waals surface area contributed by atoms with E-state index in [0.717, 1.165) is 43.7 Å². The number of aromatic amines is 1. The minimum absolute atomic E-state index is 0.244. The predicted octanol–water partition coefficient (Wildman–Crippen LogP) is 2.49. The summed E-state index contributed by atoms with van der Waals surface area (Å²) < 4.78 is 12.9. The molecule has 0 amide bonds. The summed E-state index contributed by atoms with van der Waals surface area (Å²) in [6, 6.07) is 8.16. The Morgan fingerprint density at radius 1 is 1.24 bits per heavy atom. The van der Waals surface area contributed by atoms with E-state index in [1.165, 1.54) is 12.1 Å². The van der Waals surface area contributed by atoms with Crippen LogP contribution < -0.4 is 0 Å². The zero-order chi connectivity index (χ0) is 14.7. The maximum Gasteiger partial charge on any atom is 0.123 e. The minimum atomic E-state index is -0.500. The Hall–Kier alpha value is -1.72. The summed E-state index contributed by atoms with van der Waals surface area (Å²) in [5.74, 6) is -0.0196. The van der Waals surface area contributed by atoms with Crippen molar-refractivity contribution in [1.29, 1.82) is 0 Å². The fourth-order valence-corrected chi connectivity index (χ4v) is 2.97. The number of nitrogens with zero attached hydrogens (tertiary/aromatic N) is 2. The molecule has 112 valence electrons. The molecule has 1 saturated heterocycles. The van der Waals surface area contributed by atoms with E-state index >= 15 is 0 Å². The lowest BCUT2D eigenvalue weighted by Crippen LogP contribution is -2.35. The SMILES string of the molecule is OC(c1ccc(F)cc1)C1CCN(Cc2ccn[nH]2)CC1. The maximum atomic E-state index is 12.9. The lowest BCUT2D eigenvalue weighted by Gasteiger charge is -2.34. The van der Waals surface area contributed by atoms with Gasteiger partial charge in [0.1, 0.15) is 5.82 Å². The second-order valence-electron chi connectivity index (χ2n) is 5.69. The van der Waals surface area contributed by atoms with Crippen LogP contribution in [0, 0.1) is 11.7 Å². The maximum absolute atomic E-state index is 12.9. The van der Waals surface area contributed by atoms with Crippen molar-refractivity contribution in [2.24, 2.45) is 5.92 Å². The zero-order valence-corrected chi connectivity index (χ0v) is 11.9. The Bertz CT molecular complexity index is 547. The van der Waals surface area contributed by atoms with E-state index in [1.807, 2.05) is 6.07 Å². The molecule has 2 heterocycles. The van der Waals surface area contributed by atoms with Gasteiger partial charge in [0.25, 0.3) is 0 Å². The summed E-state index contributed by atoms with van der Waals surface area (Å²) in [5.41, 5.74) is 1.93. The van der Waals surface area contributed by atoms with Gasteiger partial charge in [0, 0.05) is 18.4 Å². The first-order valence-electron chi connectivity index (χ1n) is 7.36. The Morgan fingerprint density at radius 2 is 1.95 bits per heavy atom. The number of aromatic nitrogens is 2. The van der Waals surface area contributed by atoms with E-state index in [0.29, 0.717) is 0 Å². The molecule has 0 saturated carbocycles. The van der Waals surface area contributed by atoms with Crippen molar-refractivity contribution in [3.63, 3.8) is 0 Å². The van der Waals surface area contributed by atoms with Crippen LogP contribution in [-0.4, -0.2) is 33.3 Å². The van der Waals surface area contributed by atoms with Crippen LogP contribution in [0.3, 0.4) is 0 Å². The smallest absolute Gasteiger partial charge is 0.123 e. The molecule has 0 radical (unpaired) electrons. The van der Waals surface area contributed by atoms with Gasteiger partial charge in [0.2, 0.25) is 0 Å². The minimum Gasteiger partial charge on any atom is -0.388 e. The highest BCUT2D eigenvalue weighted by Crippen LogP contribution is 2.31. The fourth-order valence-electron chi connectivity index (χ4n) is 2.97. The van der Waals surface area contributed by atoms with Gasteiger partial charge in [-0.15, -0.1) is 0 Å². The van der Waals surface area contributed by atoms with Crippen molar-refractivity contribution in [3.05, 3.63) is 53.6 Å². The van der Waals surface area contributed by atoms with Gasteiger partial charge in [-0.1, -0.05) is 12.1 Å². The average molecular weight is 289 g/mol. The lowest BCUT2D eigenvalue weighted by molar-refractivity contribution is 0.0564. The van der Waals surface area contributed by atoms with Crippen molar-refractivity contribution in [2.75, 3.05) is 13.1 Å². The van der Waals surface area contributed by atoms with E-state index in [1.54, 1.807) is 18.3 Å². The monoisotopic (exact) mass is 289 g/mol. The third-order valence-corrected chi connectivity index (χ3v) is 4.24. The molecule has 3 rings (SSSR count). The number of hydrogen-bond acceptors (Lipinski definition) is 3. The number of halogens is 1. The van der Waals surface area contributed by atoms with Crippen LogP contribution >= 0.6 is 0 Å². The fraction of sp³-hybridized carbons (Fsp3) is 0.438. The van der Waals surface area contributed by atoms with Gasteiger partial charge in [-0.3, -0.25) is 10.00 Å². The van der Waals surface area contributed by atoms with Crippen molar-refractivity contribution in [3.8, 4) is 0 Å². The van der Waals surface area contributed by atoms with Gasteiger partial charge < -0.3 is 5.11 Å². The van der Waals surface area contributed by atoms with E-state index < -0.39 is 6.10 Å². The molecule has 1 aromatic heterocycles. The van der Waals surface area contributed by atoms with Gasteiger partial charge in [-0.25, -0.2) is 4.39 Å². The lowest BCUT2D eigenvalue weighted by atomic mass is 9.87. The molecule has 21 heavy (non-hydrogen) atoms. The number of aliphatic hydroxyl groups is 1. The van der Waals surface area contributed by atoms with Crippen molar-refractivity contribution in [1.82, 2.24) is 15.1 Å². The van der Waals surface area contributed by atoms with Gasteiger partial charge in [0.15, 0.2) is 0 Å². The number of rotatable bonds is 4. The molecule has 1 aromatic carbocycles. The Labute approximate surface area is 123 Å². The van der Waals surface area contributed by atoms with E-state index in [4.69, 9.17) is 0 Å². The number of hydrogen-bond donors (Lipinski definition) is 2. The van der Waals surface area contributed by atoms with Crippen LogP contribution in [0.4, 0.5) is 4.39 Å². The van der Waals surface area contributed by atoms with Crippen LogP contribution in [0.25, 0.3) is 0 Å². The van der Waals surface area contributed by atoms with Crippen LogP contribution in [0.1, 0.15) is 30.2 Å². The summed E-state index contributed by atoms with van der Waals surface area (Å²) in [4.78, 5) is 2.36. The van der Waals surface area contributed by atoms with Crippen molar-refractivity contribution in [2.45, 2.75) is 25.5 Å². The Morgan fingerprint density at radius 3 is 2.57 bits per heavy atom. The molecule has 2 N–H and O–H groups in total. The molecule has 4 nitrogen and oxygen atoms in total. The number of likely N-dealkylation sites (tertiary alicyclic amines) is 1. The van der Waals surface area contributed by atoms with Crippen LogP contribution in [0.5, 0.6) is 0 Å². The quantitative estimate of drug-likeness (QED) is 0.909. The van der Waals surface area contributed by atoms with Gasteiger partial charge >= 0.3 is 0 Å². The van der Waals surface area contributed by atoms with Crippen molar-refractivity contribution < 1.29 is 9.50 Å². The zero-order valence-electron chi connectivity index (χ0n) is 11.9. The molecule has 2 aromatic rings. The van der Waals surface area contributed by atoms with Crippen molar-refractivity contribution >= 4 is 0 Å². The highest BCUT2D eigenvalue weighted by atomic mass is 19.1. The standard InChI is InChI=1S/C16H20FN3O/c17-14-3-1-12(2-4-14)16(21)13-6-9-20(10-7-13)11-15-5-8-18-19-15/h1-5,8,13,16,21H,6-7,9-11H2,(H,18,19). The van der Waals surface area contributed by atoms with E-state index in [9.17, 15) is 9.50 Å². The summed E-state index contributed by atoms with van der Waals surface area (Å²) in [5, 5.41) is 17.4. The Balaban J connectivity index is 1.54. The van der Waals surface area contributed by atoms with Gasteiger partial charge in [-0.05, 0) is 55.6 Å².